The van der Waals surface area contributed by atoms with Crippen molar-refractivity contribution in [1.82, 2.24) is 20.2 Å². The predicted octanol–water partition coefficient (Wildman–Crippen LogP) is 3.23. The van der Waals surface area contributed by atoms with Crippen molar-refractivity contribution in [3.63, 3.8) is 0 Å². The molecule has 11 heteroatoms. The number of nitrogens with one attached hydrogen (secondary N) is 1. The van der Waals surface area contributed by atoms with Crippen LogP contribution in [0.2, 0.25) is 0 Å². The highest BCUT2D eigenvalue weighted by atomic mass is 19.4. The smallest absolute Gasteiger partial charge is 0.433 e. The Hall–Kier alpha value is -2.59. The fourth-order valence-corrected chi connectivity index (χ4v) is 3.94. The molecule has 3 rings (SSSR count). The van der Waals surface area contributed by atoms with Crippen LogP contribution in [0.4, 0.5) is 23.9 Å². The van der Waals surface area contributed by atoms with E-state index in [1.165, 1.54) is 0 Å². The SMILES string of the molecule is CC(C)(C)OC(=O)N1CCC[C@H](C(=O)N[C@H]2CCCN(c3nccc(C(F)(F)F)n3)C2)C1. The highest BCUT2D eigenvalue weighted by Gasteiger charge is 2.35. The summed E-state index contributed by atoms with van der Waals surface area (Å²) >= 11 is 0. The summed E-state index contributed by atoms with van der Waals surface area (Å²) in [5.41, 5.74) is -1.60. The number of hydrogen-bond donors (Lipinski definition) is 1. The first kappa shape index (κ1) is 24.1. The molecule has 0 saturated carbocycles. The minimum atomic E-state index is -4.54. The Morgan fingerprint density at radius 1 is 1.12 bits per heavy atom. The van der Waals surface area contributed by atoms with Gasteiger partial charge in [-0.2, -0.15) is 13.2 Å². The number of rotatable bonds is 3. The maximum Gasteiger partial charge on any atom is 0.433 e. The number of hydrogen-bond acceptors (Lipinski definition) is 6. The van der Waals surface area contributed by atoms with Crippen molar-refractivity contribution in [2.24, 2.45) is 5.92 Å². The summed E-state index contributed by atoms with van der Waals surface area (Å²) in [6, 6.07) is 0.609. The molecule has 2 aliphatic heterocycles. The molecule has 0 aromatic carbocycles. The summed E-state index contributed by atoms with van der Waals surface area (Å²) in [7, 11) is 0. The van der Waals surface area contributed by atoms with Gasteiger partial charge in [0.05, 0.1) is 5.92 Å². The Morgan fingerprint density at radius 3 is 2.53 bits per heavy atom. The van der Waals surface area contributed by atoms with Crippen LogP contribution < -0.4 is 10.2 Å². The second-order valence-electron chi connectivity index (χ2n) is 9.30. The molecule has 0 unspecified atom stereocenters. The molecule has 2 amide bonds. The molecule has 2 aliphatic rings. The minimum Gasteiger partial charge on any atom is -0.444 e. The maximum absolute atomic E-state index is 13.0. The molecule has 2 fully saturated rings. The lowest BCUT2D eigenvalue weighted by molar-refractivity contribution is -0.141. The zero-order valence-corrected chi connectivity index (χ0v) is 18.6. The minimum absolute atomic E-state index is 0.00698. The molecule has 0 aliphatic carbocycles. The van der Waals surface area contributed by atoms with Crippen LogP contribution in [-0.4, -0.2) is 64.7 Å². The fourth-order valence-electron chi connectivity index (χ4n) is 3.94. The van der Waals surface area contributed by atoms with E-state index in [9.17, 15) is 22.8 Å². The van der Waals surface area contributed by atoms with Crippen molar-refractivity contribution in [3.8, 4) is 0 Å². The Balaban J connectivity index is 1.58. The summed E-state index contributed by atoms with van der Waals surface area (Å²) in [6.45, 7) is 7.06. The lowest BCUT2D eigenvalue weighted by atomic mass is 9.96. The van der Waals surface area contributed by atoms with Crippen molar-refractivity contribution in [3.05, 3.63) is 18.0 Å². The number of carbonyl (C=O) groups excluding carboxylic acids is 2. The van der Waals surface area contributed by atoms with E-state index in [0.29, 0.717) is 45.3 Å². The zero-order valence-electron chi connectivity index (χ0n) is 18.6. The Bertz CT molecular complexity index is 828. The fraction of sp³-hybridized carbons (Fsp3) is 0.714. The summed E-state index contributed by atoms with van der Waals surface area (Å²) < 4.78 is 44.3. The molecule has 1 aromatic rings. The summed E-state index contributed by atoms with van der Waals surface area (Å²) in [5.74, 6) is -0.501. The summed E-state index contributed by atoms with van der Waals surface area (Å²) in [4.78, 5) is 36.1. The molecular weight excluding hydrogens is 427 g/mol. The molecule has 3 heterocycles. The average Bonchev–Trinajstić information content (AvgIpc) is 2.72. The highest BCUT2D eigenvalue weighted by molar-refractivity contribution is 5.80. The molecule has 0 bridgehead atoms. The van der Waals surface area contributed by atoms with E-state index in [-0.39, 0.29) is 30.4 Å². The molecule has 2 saturated heterocycles. The molecule has 0 spiro atoms. The quantitative estimate of drug-likeness (QED) is 0.750. The Morgan fingerprint density at radius 2 is 1.84 bits per heavy atom. The van der Waals surface area contributed by atoms with Crippen LogP contribution in [-0.2, 0) is 15.7 Å². The van der Waals surface area contributed by atoms with Crippen molar-refractivity contribution >= 4 is 17.9 Å². The predicted molar refractivity (Wildman–Crippen MR) is 111 cm³/mol. The van der Waals surface area contributed by atoms with Gasteiger partial charge in [0.15, 0.2) is 0 Å². The van der Waals surface area contributed by atoms with E-state index < -0.39 is 23.6 Å². The molecule has 2 atom stereocenters. The molecule has 178 valence electrons. The van der Waals surface area contributed by atoms with Gasteiger partial charge < -0.3 is 19.9 Å². The molecule has 8 nitrogen and oxygen atoms in total. The number of carbonyl (C=O) groups is 2. The average molecular weight is 457 g/mol. The molecule has 0 radical (unpaired) electrons. The number of likely N-dealkylation sites (tertiary alicyclic amines) is 1. The third-order valence-electron chi connectivity index (χ3n) is 5.43. The molecular formula is C21H30F3N5O3. The van der Waals surface area contributed by atoms with E-state index in [1.54, 1.807) is 30.6 Å². The van der Waals surface area contributed by atoms with E-state index >= 15 is 0 Å². The van der Waals surface area contributed by atoms with Gasteiger partial charge in [-0.05, 0) is 52.5 Å². The van der Waals surface area contributed by atoms with E-state index in [1.807, 2.05) is 0 Å². The first-order valence-corrected chi connectivity index (χ1v) is 10.9. The normalized spacial score (nSPS) is 22.4. The van der Waals surface area contributed by atoms with Crippen LogP contribution in [0, 0.1) is 5.92 Å². The van der Waals surface area contributed by atoms with E-state index in [2.05, 4.69) is 15.3 Å². The number of nitrogens with zero attached hydrogens (tertiary/aromatic N) is 4. The number of anilines is 1. The van der Waals surface area contributed by atoms with Crippen molar-refractivity contribution < 1.29 is 27.5 Å². The van der Waals surface area contributed by atoms with Gasteiger partial charge in [-0.15, -0.1) is 0 Å². The van der Waals surface area contributed by atoms with Crippen LogP contribution in [0.25, 0.3) is 0 Å². The number of aromatic nitrogens is 2. The van der Waals surface area contributed by atoms with Crippen molar-refractivity contribution in [2.75, 3.05) is 31.1 Å². The van der Waals surface area contributed by atoms with Gasteiger partial charge >= 0.3 is 12.3 Å². The monoisotopic (exact) mass is 457 g/mol. The van der Waals surface area contributed by atoms with Crippen LogP contribution in [0.5, 0.6) is 0 Å². The van der Waals surface area contributed by atoms with Gasteiger partial charge in [-0.3, -0.25) is 4.79 Å². The molecule has 1 N–H and O–H groups in total. The van der Waals surface area contributed by atoms with Gasteiger partial charge in [-0.25, -0.2) is 14.8 Å². The molecule has 1 aromatic heterocycles. The van der Waals surface area contributed by atoms with Gasteiger partial charge in [0.25, 0.3) is 0 Å². The first-order chi connectivity index (χ1) is 14.9. The van der Waals surface area contributed by atoms with Crippen molar-refractivity contribution in [1.29, 1.82) is 0 Å². The van der Waals surface area contributed by atoms with E-state index in [4.69, 9.17) is 4.74 Å². The van der Waals surface area contributed by atoms with Crippen molar-refractivity contribution in [2.45, 2.75) is 64.3 Å². The summed E-state index contributed by atoms with van der Waals surface area (Å²) in [5, 5.41) is 3.00. The van der Waals surface area contributed by atoms with Crippen LogP contribution >= 0.6 is 0 Å². The lowest BCUT2D eigenvalue weighted by Gasteiger charge is -2.36. The lowest BCUT2D eigenvalue weighted by Crippen LogP contribution is -2.52. The number of amides is 2. The highest BCUT2D eigenvalue weighted by Crippen LogP contribution is 2.28. The maximum atomic E-state index is 13.0. The second-order valence-corrected chi connectivity index (χ2v) is 9.30. The Labute approximate surface area is 185 Å². The van der Waals surface area contributed by atoms with E-state index in [0.717, 1.165) is 12.3 Å². The first-order valence-electron chi connectivity index (χ1n) is 10.9. The number of halogens is 3. The third-order valence-corrected chi connectivity index (χ3v) is 5.43. The van der Waals surface area contributed by atoms with Crippen LogP contribution in [0.1, 0.15) is 52.1 Å². The standard InChI is InChI=1S/C21H30F3N5O3/c1-20(2,3)32-19(31)29-11-4-6-14(12-29)17(30)26-15-7-5-10-28(13-15)18-25-9-8-16(27-18)21(22,23)24/h8-9,14-15H,4-7,10-13H2,1-3H3,(H,26,30)/t14-,15-/m0/s1. The summed E-state index contributed by atoms with van der Waals surface area (Å²) in [6.07, 6.45) is -1.10. The second kappa shape index (κ2) is 9.50. The van der Waals surface area contributed by atoms with Gasteiger partial charge in [0.2, 0.25) is 11.9 Å². The van der Waals surface area contributed by atoms with Gasteiger partial charge in [-0.1, -0.05) is 0 Å². The topological polar surface area (TPSA) is 87.7 Å². The number of piperidine rings is 2. The third kappa shape index (κ3) is 6.46. The largest absolute Gasteiger partial charge is 0.444 e. The van der Waals surface area contributed by atoms with Gasteiger partial charge in [0.1, 0.15) is 11.3 Å². The van der Waals surface area contributed by atoms with Crippen LogP contribution in [0.15, 0.2) is 12.3 Å². The van der Waals surface area contributed by atoms with Crippen LogP contribution in [0.3, 0.4) is 0 Å². The number of alkyl halides is 3. The number of ether oxygens (including phenoxy) is 1. The van der Waals surface area contributed by atoms with Gasteiger partial charge in [0, 0.05) is 38.4 Å². The Kier molecular flexibility index (Phi) is 7.14. The zero-order chi connectivity index (χ0) is 23.5. The molecule has 32 heavy (non-hydrogen) atoms.